The van der Waals surface area contributed by atoms with Crippen LogP contribution in [0.5, 0.6) is 0 Å². The fourth-order valence-corrected chi connectivity index (χ4v) is 2.32. The fourth-order valence-electron chi connectivity index (χ4n) is 2.06. The van der Waals surface area contributed by atoms with E-state index >= 15 is 0 Å². The summed E-state index contributed by atoms with van der Waals surface area (Å²) in [6, 6.07) is 7.29. The number of amides is 1. The topological polar surface area (TPSA) is 88.3 Å². The number of hydrazone groups is 1. The van der Waals surface area contributed by atoms with Crippen LogP contribution in [-0.2, 0) is 9.53 Å². The molecule has 1 aromatic carbocycles. The summed E-state index contributed by atoms with van der Waals surface area (Å²) in [7, 11) is 0. The zero-order valence-corrected chi connectivity index (χ0v) is 14.8. The van der Waals surface area contributed by atoms with Gasteiger partial charge in [0.1, 0.15) is 18.6 Å². The number of benzene rings is 1. The molecule has 1 amide bonds. The van der Waals surface area contributed by atoms with E-state index in [4.69, 9.17) is 4.74 Å². The van der Waals surface area contributed by atoms with Crippen molar-refractivity contribution < 1.29 is 14.6 Å². The number of nitrogens with zero attached hydrogens (tertiary/aromatic N) is 4. The third-order valence-electron chi connectivity index (χ3n) is 3.30. The van der Waals surface area contributed by atoms with E-state index in [1.54, 1.807) is 11.0 Å². The van der Waals surface area contributed by atoms with Crippen LogP contribution >= 0.6 is 15.9 Å². The minimum atomic E-state index is -0.811. The zero-order chi connectivity index (χ0) is 17.7. The van der Waals surface area contributed by atoms with Crippen LogP contribution in [0, 0.1) is 10.1 Å². The van der Waals surface area contributed by atoms with Crippen molar-refractivity contribution in [1.29, 1.82) is 0 Å². The number of nitro groups is 1. The van der Waals surface area contributed by atoms with E-state index in [9.17, 15) is 14.9 Å². The summed E-state index contributed by atoms with van der Waals surface area (Å²) in [5, 5.41) is 13.4. The maximum atomic E-state index is 12.4. The van der Waals surface area contributed by atoms with Crippen molar-refractivity contribution in [3.63, 3.8) is 0 Å². The lowest BCUT2D eigenvalue weighted by Gasteiger charge is -2.37. The second-order valence-electron chi connectivity index (χ2n) is 5.31. The molecule has 1 aromatic rings. The number of guanidine groups is 1. The minimum absolute atomic E-state index is 0.0216. The van der Waals surface area contributed by atoms with Crippen molar-refractivity contribution in [2.45, 2.75) is 19.9 Å². The molecule has 1 fully saturated rings. The molecule has 1 saturated heterocycles. The van der Waals surface area contributed by atoms with Gasteiger partial charge in [0.05, 0.1) is 0 Å². The molecular formula is C15H17BrN4O4. The van der Waals surface area contributed by atoms with Crippen LogP contribution in [0.25, 0.3) is 6.08 Å². The number of halogens is 1. The Morgan fingerprint density at radius 3 is 2.62 bits per heavy atom. The van der Waals surface area contributed by atoms with Crippen LogP contribution in [0.2, 0.25) is 0 Å². The molecule has 9 heteroatoms. The summed E-state index contributed by atoms with van der Waals surface area (Å²) < 4.78 is 6.28. The molecule has 0 radical (unpaired) electrons. The summed E-state index contributed by atoms with van der Waals surface area (Å²) in [4.78, 5) is 25.9. The Kier molecular flexibility index (Phi) is 6.04. The molecule has 24 heavy (non-hydrogen) atoms. The lowest BCUT2D eigenvalue weighted by molar-refractivity contribution is -0.486. The number of carbonyl (C=O) groups is 1. The van der Waals surface area contributed by atoms with Crippen molar-refractivity contribution in [3.8, 4) is 0 Å². The first-order valence-corrected chi connectivity index (χ1v) is 8.00. The van der Waals surface area contributed by atoms with Gasteiger partial charge < -0.3 is 9.64 Å². The van der Waals surface area contributed by atoms with Crippen LogP contribution < -0.4 is 0 Å². The van der Waals surface area contributed by atoms with Crippen molar-refractivity contribution in [1.82, 2.24) is 9.80 Å². The lowest BCUT2D eigenvalue weighted by atomic mass is 10.2. The second kappa shape index (κ2) is 8.02. The van der Waals surface area contributed by atoms with Gasteiger partial charge in [0.15, 0.2) is 5.03 Å². The predicted octanol–water partition coefficient (Wildman–Crippen LogP) is 2.49. The van der Waals surface area contributed by atoms with Gasteiger partial charge >= 0.3 is 0 Å². The summed E-state index contributed by atoms with van der Waals surface area (Å²) in [6.45, 7) is 3.74. The molecule has 0 saturated carbocycles. The molecule has 1 heterocycles. The van der Waals surface area contributed by atoms with Gasteiger partial charge in [-0.2, -0.15) is 0 Å². The standard InChI is InChI=1S/C15H17BrN4O4/c1-11(2)18-9-24-10-19(15(18)17-20(22)23)14(21)8-5-12-3-6-13(16)7-4-12/h3-8,11H,9-10H2,1-2H3/b8-5+,17-15+. The Bertz CT molecular complexity index is 673. The largest absolute Gasteiger partial charge is 0.340 e. The number of rotatable bonds is 4. The maximum absolute atomic E-state index is 12.4. The molecule has 0 N–H and O–H groups in total. The Morgan fingerprint density at radius 1 is 1.38 bits per heavy atom. The highest BCUT2D eigenvalue weighted by Gasteiger charge is 2.32. The highest BCUT2D eigenvalue weighted by atomic mass is 79.9. The van der Waals surface area contributed by atoms with E-state index in [-0.39, 0.29) is 25.5 Å². The van der Waals surface area contributed by atoms with Gasteiger partial charge in [0.2, 0.25) is 0 Å². The quantitative estimate of drug-likeness (QED) is 0.443. The highest BCUT2D eigenvalue weighted by molar-refractivity contribution is 9.10. The summed E-state index contributed by atoms with van der Waals surface area (Å²) >= 11 is 3.34. The zero-order valence-electron chi connectivity index (χ0n) is 13.3. The third-order valence-corrected chi connectivity index (χ3v) is 3.83. The Hall–Kier alpha value is -2.26. The summed E-state index contributed by atoms with van der Waals surface area (Å²) in [6.07, 6.45) is 2.97. The molecule has 1 aliphatic rings. The monoisotopic (exact) mass is 396 g/mol. The van der Waals surface area contributed by atoms with Gasteiger partial charge in [-0.15, -0.1) is 0 Å². The molecule has 128 valence electrons. The first-order chi connectivity index (χ1) is 11.4. The third kappa shape index (κ3) is 4.62. The van der Waals surface area contributed by atoms with Crippen LogP contribution in [0.4, 0.5) is 0 Å². The fraction of sp³-hybridized carbons (Fsp3) is 0.333. The van der Waals surface area contributed by atoms with Gasteiger partial charge in [-0.05, 0) is 37.6 Å². The molecule has 1 aliphatic heterocycles. The predicted molar refractivity (Wildman–Crippen MR) is 92.2 cm³/mol. The number of ether oxygens (including phenoxy) is 1. The van der Waals surface area contributed by atoms with Crippen LogP contribution in [0.15, 0.2) is 39.9 Å². The maximum Gasteiger partial charge on any atom is 0.284 e. The van der Waals surface area contributed by atoms with Crippen molar-refractivity contribution in [2.24, 2.45) is 5.10 Å². The van der Waals surface area contributed by atoms with Gasteiger partial charge in [0.25, 0.3) is 11.9 Å². The van der Waals surface area contributed by atoms with E-state index in [1.165, 1.54) is 6.08 Å². The Balaban J connectivity index is 2.21. The lowest BCUT2D eigenvalue weighted by Crippen LogP contribution is -2.55. The molecule has 2 rings (SSSR count). The second-order valence-corrected chi connectivity index (χ2v) is 6.23. The molecule has 0 aliphatic carbocycles. The Labute approximate surface area is 147 Å². The van der Waals surface area contributed by atoms with E-state index < -0.39 is 10.9 Å². The normalized spacial score (nSPS) is 17.1. The smallest absolute Gasteiger partial charge is 0.284 e. The molecule has 8 nitrogen and oxygen atoms in total. The van der Waals surface area contributed by atoms with Crippen LogP contribution in [0.1, 0.15) is 19.4 Å². The average Bonchev–Trinajstić information content (AvgIpc) is 2.53. The minimum Gasteiger partial charge on any atom is -0.340 e. The van der Waals surface area contributed by atoms with Gasteiger partial charge in [-0.3, -0.25) is 4.79 Å². The molecular weight excluding hydrogens is 380 g/mol. The van der Waals surface area contributed by atoms with E-state index in [2.05, 4.69) is 21.0 Å². The van der Waals surface area contributed by atoms with Gasteiger partial charge in [0, 0.05) is 16.6 Å². The van der Waals surface area contributed by atoms with Crippen molar-refractivity contribution >= 4 is 33.9 Å². The van der Waals surface area contributed by atoms with Crippen LogP contribution in [0.3, 0.4) is 0 Å². The van der Waals surface area contributed by atoms with E-state index in [0.717, 1.165) is 14.9 Å². The summed E-state index contributed by atoms with van der Waals surface area (Å²) in [5.74, 6) is -0.462. The first kappa shape index (κ1) is 18.1. The first-order valence-electron chi connectivity index (χ1n) is 7.21. The molecule has 0 aromatic heterocycles. The molecule has 0 spiro atoms. The van der Waals surface area contributed by atoms with Crippen molar-refractivity contribution in [2.75, 3.05) is 13.5 Å². The van der Waals surface area contributed by atoms with E-state index in [0.29, 0.717) is 0 Å². The van der Waals surface area contributed by atoms with Crippen molar-refractivity contribution in [3.05, 3.63) is 50.5 Å². The highest BCUT2D eigenvalue weighted by Crippen LogP contribution is 2.14. The van der Waals surface area contributed by atoms with Gasteiger partial charge in [-0.1, -0.05) is 28.1 Å². The summed E-state index contributed by atoms with van der Waals surface area (Å²) in [5.41, 5.74) is 0.831. The molecule has 0 bridgehead atoms. The molecule has 0 unspecified atom stereocenters. The molecule has 0 atom stereocenters. The van der Waals surface area contributed by atoms with Gasteiger partial charge in [-0.25, -0.2) is 15.0 Å². The van der Waals surface area contributed by atoms with Crippen LogP contribution in [-0.4, -0.2) is 46.2 Å². The number of hydrogen-bond acceptors (Lipinski definition) is 4. The average molecular weight is 397 g/mol. The number of carbonyl (C=O) groups excluding carboxylic acids is 1. The Morgan fingerprint density at radius 2 is 2.04 bits per heavy atom. The van der Waals surface area contributed by atoms with E-state index in [1.807, 2.05) is 38.1 Å². The number of hydrogen-bond donors (Lipinski definition) is 0. The SMILES string of the molecule is CC(C)N1COCN(C(=O)/C=C/c2ccc(Br)cc2)/C1=N/[N+](=O)[O-].